The average molecular weight is 683 g/mol. The molecule has 18 heteroatoms. The number of ether oxygens (including phenoxy) is 1. The van der Waals surface area contributed by atoms with Gasteiger partial charge in [0.25, 0.3) is 22.5 Å². The number of nitrogen functional groups attached to an aromatic ring is 1. The minimum atomic E-state index is -1.35. The predicted octanol–water partition coefficient (Wildman–Crippen LogP) is 0.816. The number of carboxylic acids is 1. The fourth-order valence-electron chi connectivity index (χ4n) is 5.07. The van der Waals surface area contributed by atoms with E-state index in [-0.39, 0.29) is 53.5 Å². The van der Waals surface area contributed by atoms with E-state index in [4.69, 9.17) is 16.2 Å². The Morgan fingerprint density at radius 3 is 2.52 bits per heavy atom. The minimum absolute atomic E-state index is 0. The van der Waals surface area contributed by atoms with Crippen LogP contribution in [0.2, 0.25) is 0 Å². The molecule has 0 radical (unpaired) electrons. The first-order valence-electron chi connectivity index (χ1n) is 14.0. The number of carbonyl (C=O) groups excluding carboxylic acids is 2. The number of anilines is 2. The highest BCUT2D eigenvalue weighted by molar-refractivity contribution is 5.96. The van der Waals surface area contributed by atoms with E-state index >= 15 is 0 Å². The summed E-state index contributed by atoms with van der Waals surface area (Å²) in [5.41, 5.74) is 11.5. The number of hydrogen-bond acceptors (Lipinski definition) is 12. The number of aromatic carboxylic acids is 1. The van der Waals surface area contributed by atoms with Crippen molar-refractivity contribution in [3.8, 4) is 0 Å². The largest absolute Gasteiger partial charge is 0.477 e. The molecule has 1 aliphatic carbocycles. The molecule has 0 spiro atoms. The second-order valence-corrected chi connectivity index (χ2v) is 10.4. The van der Waals surface area contributed by atoms with E-state index in [1.54, 1.807) is 30.3 Å². The first-order chi connectivity index (χ1) is 22.4. The number of amides is 1. The van der Waals surface area contributed by atoms with Crippen molar-refractivity contribution in [1.29, 1.82) is 0 Å². The van der Waals surface area contributed by atoms with Gasteiger partial charge in [0, 0.05) is 24.7 Å². The van der Waals surface area contributed by atoms with E-state index in [0.29, 0.717) is 30.5 Å². The Balaban J connectivity index is 0.000000236. The van der Waals surface area contributed by atoms with Crippen LogP contribution in [0.15, 0.2) is 56.8 Å². The molecule has 250 valence electrons. The van der Waals surface area contributed by atoms with Gasteiger partial charge in [0.2, 0.25) is 0 Å². The zero-order valence-electron chi connectivity index (χ0n) is 25.0. The van der Waals surface area contributed by atoms with Crippen molar-refractivity contribution in [2.24, 2.45) is 5.73 Å². The molecule has 0 fully saturated rings. The number of nitrogens with zero attached hydrogens (tertiary/aromatic N) is 3. The summed E-state index contributed by atoms with van der Waals surface area (Å²) in [5.74, 6) is -3.00. The van der Waals surface area contributed by atoms with Crippen LogP contribution in [-0.2, 0) is 24.2 Å². The zero-order chi connectivity index (χ0) is 34.0. The molecule has 2 aromatic heterocycles. The minimum Gasteiger partial charge on any atom is -0.477 e. The lowest BCUT2D eigenvalue weighted by Gasteiger charge is -2.14. The number of H-pyrrole nitrogens is 1. The maximum Gasteiger partial charge on any atom is 0.363 e. The molecule has 3 aromatic carbocycles. The highest BCUT2D eigenvalue weighted by Crippen LogP contribution is 2.32. The summed E-state index contributed by atoms with van der Waals surface area (Å²) in [6, 6.07) is 10.4. The summed E-state index contributed by atoms with van der Waals surface area (Å²) in [5, 5.41) is 17.0. The van der Waals surface area contributed by atoms with E-state index in [9.17, 15) is 38.3 Å². The van der Waals surface area contributed by atoms with E-state index in [0.717, 1.165) is 27.3 Å². The molecule has 8 N–H and O–H groups in total. The summed E-state index contributed by atoms with van der Waals surface area (Å²) in [7, 11) is 1.31. The number of methoxy groups -OCH3 is 1. The number of carbonyl (C=O) groups is 3. The molecule has 1 aliphatic rings. The van der Waals surface area contributed by atoms with Crippen molar-refractivity contribution < 1.29 is 28.6 Å². The Kier molecular flexibility index (Phi) is 10.4. The lowest BCUT2D eigenvalue weighted by atomic mass is 10.0. The molecule has 0 saturated heterocycles. The quantitative estimate of drug-likeness (QED) is 0.0980. The van der Waals surface area contributed by atoms with Crippen molar-refractivity contribution >= 4 is 47.4 Å². The van der Waals surface area contributed by atoms with Crippen molar-refractivity contribution in [2.45, 2.75) is 32.0 Å². The molecular weight excluding hydrogens is 655 g/mol. The van der Waals surface area contributed by atoms with Crippen LogP contribution in [0.4, 0.5) is 15.8 Å². The number of carboxylic acid groups (broad SMARTS) is 1. The average Bonchev–Trinajstić information content (AvgIpc) is 3.66. The maximum absolute atomic E-state index is 13.5. The number of nitrogens with two attached hydrogens (primary N) is 2. The second kappa shape index (κ2) is 14.2. The molecule has 0 aliphatic heterocycles. The first-order valence-corrected chi connectivity index (χ1v) is 14.0. The van der Waals surface area contributed by atoms with Gasteiger partial charge in [0.15, 0.2) is 5.69 Å². The van der Waals surface area contributed by atoms with Gasteiger partial charge in [0.1, 0.15) is 22.9 Å². The van der Waals surface area contributed by atoms with E-state index in [1.165, 1.54) is 13.2 Å². The van der Waals surface area contributed by atoms with Crippen LogP contribution in [0.3, 0.4) is 0 Å². The third kappa shape index (κ3) is 6.91. The van der Waals surface area contributed by atoms with Crippen molar-refractivity contribution in [1.82, 2.24) is 24.9 Å². The van der Waals surface area contributed by atoms with Crippen molar-refractivity contribution in [3.05, 3.63) is 118 Å². The summed E-state index contributed by atoms with van der Waals surface area (Å²) in [6.45, 7) is 0.379. The SMILES string of the molecule is COC(=O)c1ccc2c(c1)CC[C@@H]2NC(=O)c1cc(C(=O)O)n2[nH]c(=O)nc2n1.Cl.NCc1ccc(F)c(CNc2c(N)c(=O)c2=O)c1. The Morgan fingerprint density at radius 2 is 1.85 bits per heavy atom. The number of aryl methyl sites for hydroxylation is 1. The lowest BCUT2D eigenvalue weighted by molar-refractivity contribution is 0.0599. The Hall–Kier alpha value is -5.94. The third-order valence-corrected chi connectivity index (χ3v) is 7.49. The molecule has 0 saturated carbocycles. The highest BCUT2D eigenvalue weighted by atomic mass is 35.5. The molecular formula is C30H28ClFN8O8. The topological polar surface area (TPSA) is 254 Å². The fraction of sp³-hybridized carbons (Fsp3) is 0.200. The molecule has 5 aromatic rings. The first kappa shape index (κ1) is 34.9. The molecule has 6 rings (SSSR count). The molecule has 0 unspecified atom stereocenters. The van der Waals surface area contributed by atoms with E-state index < -0.39 is 40.2 Å². The van der Waals surface area contributed by atoms with Crippen LogP contribution in [0.25, 0.3) is 5.78 Å². The molecule has 0 bridgehead atoms. The van der Waals surface area contributed by atoms with Crippen molar-refractivity contribution in [3.63, 3.8) is 0 Å². The number of fused-ring (bicyclic) bond motifs is 2. The smallest absolute Gasteiger partial charge is 0.363 e. The molecule has 2 heterocycles. The normalized spacial score (nSPS) is 13.2. The molecule has 1 amide bonds. The van der Waals surface area contributed by atoms with Crippen LogP contribution in [0.1, 0.15) is 66.1 Å². The van der Waals surface area contributed by atoms with Gasteiger partial charge in [-0.2, -0.15) is 4.98 Å². The van der Waals surface area contributed by atoms with Gasteiger partial charge < -0.3 is 31.9 Å². The van der Waals surface area contributed by atoms with Gasteiger partial charge in [-0.15, -0.1) is 12.4 Å². The molecule has 16 nitrogen and oxygen atoms in total. The highest BCUT2D eigenvalue weighted by Gasteiger charge is 2.27. The maximum atomic E-state index is 13.5. The lowest BCUT2D eigenvalue weighted by Crippen LogP contribution is -2.37. The van der Waals surface area contributed by atoms with Crippen LogP contribution in [0.5, 0.6) is 0 Å². The van der Waals surface area contributed by atoms with Gasteiger partial charge in [-0.05, 0) is 53.8 Å². The summed E-state index contributed by atoms with van der Waals surface area (Å²) in [4.78, 5) is 76.8. The van der Waals surface area contributed by atoms with Gasteiger partial charge in [-0.25, -0.2) is 33.4 Å². The van der Waals surface area contributed by atoms with E-state index in [1.807, 2.05) is 0 Å². The number of esters is 1. The zero-order valence-corrected chi connectivity index (χ0v) is 25.9. The Morgan fingerprint density at radius 1 is 1.10 bits per heavy atom. The standard InChI is InChI=1S/C18H15N5O6.C12H12FN3O2.ClH/c1-29-16(27)9-2-4-10-8(6-9)3-5-11(10)19-14(24)12-7-13(15(25)26)23-17(20-12)21-18(28)22-23;13-8-2-1-6(4-14)3-7(8)5-16-10-9(15)11(17)12(10)18;/h2,4,6-7,11H,3,5H2,1H3,(H,19,24)(H,22,28)(H,25,26);1-3,16H,4-5,14-15H2;1H/t11-;;/m0../s1. The van der Waals surface area contributed by atoms with Gasteiger partial charge in [0.05, 0.1) is 18.7 Å². The predicted molar refractivity (Wildman–Crippen MR) is 172 cm³/mol. The van der Waals surface area contributed by atoms with Gasteiger partial charge in [-0.3, -0.25) is 14.4 Å². The van der Waals surface area contributed by atoms with Crippen LogP contribution in [0, 0.1) is 5.82 Å². The van der Waals surface area contributed by atoms with Crippen LogP contribution < -0.4 is 38.6 Å². The Labute approximate surface area is 275 Å². The number of benzene rings is 2. The van der Waals surface area contributed by atoms with Gasteiger partial charge >= 0.3 is 17.6 Å². The van der Waals surface area contributed by atoms with E-state index in [2.05, 4.69) is 25.7 Å². The van der Waals surface area contributed by atoms with Crippen molar-refractivity contribution in [2.75, 3.05) is 18.2 Å². The summed E-state index contributed by atoms with van der Waals surface area (Å²) >= 11 is 0. The van der Waals surface area contributed by atoms with Gasteiger partial charge in [-0.1, -0.05) is 12.1 Å². The third-order valence-electron chi connectivity index (χ3n) is 7.49. The number of halogens is 2. The van der Waals surface area contributed by atoms with Crippen LogP contribution in [-0.4, -0.2) is 49.6 Å². The fourth-order valence-corrected chi connectivity index (χ4v) is 5.07. The number of nitrogens with one attached hydrogen (secondary N) is 3. The number of aromatic nitrogens is 4. The number of hydrogen-bond donors (Lipinski definition) is 6. The number of aromatic amines is 1. The number of rotatable bonds is 8. The summed E-state index contributed by atoms with van der Waals surface area (Å²) < 4.78 is 19.1. The molecule has 1 atom stereocenters. The second-order valence-electron chi connectivity index (χ2n) is 10.4. The Bertz CT molecular complexity index is 2190. The molecule has 48 heavy (non-hydrogen) atoms. The summed E-state index contributed by atoms with van der Waals surface area (Å²) in [6.07, 6.45) is 1.27. The monoisotopic (exact) mass is 682 g/mol. The van der Waals surface area contributed by atoms with Crippen LogP contribution >= 0.6 is 12.4 Å².